The van der Waals surface area contributed by atoms with Gasteiger partial charge in [-0.1, -0.05) is 41.4 Å². The molecular weight excluding hydrogens is 333 g/mol. The van der Waals surface area contributed by atoms with Gasteiger partial charge in [-0.3, -0.25) is 4.79 Å². The normalized spacial score (nSPS) is 11.8. The van der Waals surface area contributed by atoms with Crippen molar-refractivity contribution >= 4 is 29.1 Å². The number of benzene rings is 2. The van der Waals surface area contributed by atoms with Crippen LogP contribution >= 0.6 is 23.2 Å². The van der Waals surface area contributed by atoms with Gasteiger partial charge in [0.15, 0.2) is 0 Å². The molecular formula is C18H19Cl2NO2. The first-order chi connectivity index (χ1) is 11.0. The Balaban J connectivity index is 1.88. The van der Waals surface area contributed by atoms with E-state index in [1.807, 2.05) is 37.3 Å². The largest absolute Gasteiger partial charge is 0.497 e. The van der Waals surface area contributed by atoms with Crippen molar-refractivity contribution in [3.8, 4) is 5.75 Å². The summed E-state index contributed by atoms with van der Waals surface area (Å²) in [6.07, 6.45) is 0.957. The van der Waals surface area contributed by atoms with Crippen LogP contribution < -0.4 is 10.1 Å². The molecule has 1 atom stereocenters. The molecule has 0 saturated heterocycles. The lowest BCUT2D eigenvalue weighted by Crippen LogP contribution is -2.26. The number of carbonyl (C=O) groups excluding carboxylic acids is 1. The third kappa shape index (κ3) is 5.15. The lowest BCUT2D eigenvalue weighted by atomic mass is 10.1. The van der Waals surface area contributed by atoms with E-state index < -0.39 is 0 Å². The molecule has 122 valence electrons. The lowest BCUT2D eigenvalue weighted by Gasteiger charge is -2.15. The van der Waals surface area contributed by atoms with Crippen molar-refractivity contribution in [2.75, 3.05) is 7.11 Å². The molecule has 0 unspecified atom stereocenters. The number of methoxy groups -OCH3 is 1. The molecule has 1 N–H and O–H groups in total. The van der Waals surface area contributed by atoms with E-state index in [1.165, 1.54) is 0 Å². The van der Waals surface area contributed by atoms with Gasteiger partial charge in [-0.15, -0.1) is 0 Å². The number of ether oxygens (including phenoxy) is 1. The first-order valence-corrected chi connectivity index (χ1v) is 8.12. The highest BCUT2D eigenvalue weighted by atomic mass is 35.5. The summed E-state index contributed by atoms with van der Waals surface area (Å²) < 4.78 is 5.13. The topological polar surface area (TPSA) is 38.3 Å². The van der Waals surface area contributed by atoms with Crippen molar-refractivity contribution in [3.05, 3.63) is 63.6 Å². The van der Waals surface area contributed by atoms with Crippen molar-refractivity contribution in [2.24, 2.45) is 0 Å². The fraction of sp³-hybridized carbons (Fsp3) is 0.278. The van der Waals surface area contributed by atoms with Gasteiger partial charge in [-0.25, -0.2) is 0 Å². The van der Waals surface area contributed by atoms with E-state index in [2.05, 4.69) is 5.32 Å². The maximum absolute atomic E-state index is 12.1. The standard InChI is InChI=1S/C18H19Cl2NO2/c1-12(13-4-8-16(23-2)9-5-13)21-18(22)10-6-14-3-7-15(19)11-17(14)20/h3-5,7-9,11-12H,6,10H2,1-2H3,(H,21,22)/t12-/m0/s1. The zero-order valence-corrected chi connectivity index (χ0v) is 14.6. The number of halogens is 2. The average molecular weight is 352 g/mol. The second-order valence-corrected chi connectivity index (χ2v) is 6.14. The van der Waals surface area contributed by atoms with Crippen LogP contribution in [-0.2, 0) is 11.2 Å². The van der Waals surface area contributed by atoms with Gasteiger partial charge < -0.3 is 10.1 Å². The van der Waals surface area contributed by atoms with E-state index in [4.69, 9.17) is 27.9 Å². The summed E-state index contributed by atoms with van der Waals surface area (Å²) >= 11 is 12.0. The van der Waals surface area contributed by atoms with Crippen LogP contribution in [0.1, 0.15) is 30.5 Å². The van der Waals surface area contributed by atoms with E-state index in [9.17, 15) is 4.79 Å². The van der Waals surface area contributed by atoms with E-state index in [0.29, 0.717) is 22.9 Å². The van der Waals surface area contributed by atoms with Gasteiger partial charge in [0, 0.05) is 16.5 Å². The summed E-state index contributed by atoms with van der Waals surface area (Å²) in [6.45, 7) is 1.95. The van der Waals surface area contributed by atoms with Crippen LogP contribution in [0.2, 0.25) is 10.0 Å². The third-order valence-corrected chi connectivity index (χ3v) is 4.22. The van der Waals surface area contributed by atoms with Gasteiger partial charge in [-0.2, -0.15) is 0 Å². The highest BCUT2D eigenvalue weighted by Crippen LogP contribution is 2.22. The SMILES string of the molecule is COc1ccc([C@H](C)NC(=O)CCc2ccc(Cl)cc2Cl)cc1. The van der Waals surface area contributed by atoms with Crippen LogP contribution in [0, 0.1) is 0 Å². The predicted molar refractivity (Wildman–Crippen MR) is 94.3 cm³/mol. The first kappa shape index (κ1) is 17.6. The van der Waals surface area contributed by atoms with Crippen molar-refractivity contribution < 1.29 is 9.53 Å². The molecule has 0 radical (unpaired) electrons. The second kappa shape index (κ2) is 8.23. The molecule has 0 heterocycles. The van der Waals surface area contributed by atoms with Crippen LogP contribution in [0.25, 0.3) is 0 Å². The van der Waals surface area contributed by atoms with Crippen LogP contribution in [0.15, 0.2) is 42.5 Å². The Labute approximate surface area is 146 Å². The van der Waals surface area contributed by atoms with Gasteiger partial charge in [-0.05, 0) is 48.7 Å². The number of hydrogen-bond donors (Lipinski definition) is 1. The Hall–Kier alpha value is -1.71. The Morgan fingerprint density at radius 2 is 1.87 bits per heavy atom. The van der Waals surface area contributed by atoms with E-state index in [-0.39, 0.29) is 11.9 Å². The summed E-state index contributed by atoms with van der Waals surface area (Å²) in [5.74, 6) is 0.781. The molecule has 0 aliphatic heterocycles. The summed E-state index contributed by atoms with van der Waals surface area (Å²) in [4.78, 5) is 12.1. The van der Waals surface area contributed by atoms with Gasteiger partial charge in [0.2, 0.25) is 5.91 Å². The Bertz CT molecular complexity index is 671. The molecule has 1 amide bonds. The van der Waals surface area contributed by atoms with Crippen molar-refractivity contribution in [3.63, 3.8) is 0 Å². The monoisotopic (exact) mass is 351 g/mol. The van der Waals surface area contributed by atoms with E-state index >= 15 is 0 Å². The number of hydrogen-bond acceptors (Lipinski definition) is 2. The average Bonchev–Trinajstić information content (AvgIpc) is 2.54. The predicted octanol–water partition coefficient (Wildman–Crippen LogP) is 4.81. The fourth-order valence-electron chi connectivity index (χ4n) is 2.26. The molecule has 23 heavy (non-hydrogen) atoms. The molecule has 3 nitrogen and oxygen atoms in total. The zero-order chi connectivity index (χ0) is 16.8. The van der Waals surface area contributed by atoms with E-state index in [0.717, 1.165) is 16.9 Å². The quantitative estimate of drug-likeness (QED) is 0.810. The Morgan fingerprint density at radius 1 is 1.17 bits per heavy atom. The molecule has 2 rings (SSSR count). The molecule has 0 spiro atoms. The van der Waals surface area contributed by atoms with Crippen LogP contribution in [0.4, 0.5) is 0 Å². The van der Waals surface area contributed by atoms with Gasteiger partial charge in [0.05, 0.1) is 13.2 Å². The molecule has 2 aromatic carbocycles. The molecule has 0 aliphatic carbocycles. The smallest absolute Gasteiger partial charge is 0.220 e. The molecule has 5 heteroatoms. The number of rotatable bonds is 6. The van der Waals surface area contributed by atoms with Crippen LogP contribution in [-0.4, -0.2) is 13.0 Å². The number of nitrogens with one attached hydrogen (secondary N) is 1. The highest BCUT2D eigenvalue weighted by Gasteiger charge is 2.11. The maximum Gasteiger partial charge on any atom is 0.220 e. The van der Waals surface area contributed by atoms with Crippen LogP contribution in [0.3, 0.4) is 0 Å². The number of carbonyl (C=O) groups is 1. The molecule has 0 saturated carbocycles. The maximum atomic E-state index is 12.1. The second-order valence-electron chi connectivity index (χ2n) is 5.30. The van der Waals surface area contributed by atoms with Crippen molar-refractivity contribution in [1.82, 2.24) is 5.32 Å². The minimum atomic E-state index is -0.0610. The van der Waals surface area contributed by atoms with Crippen LogP contribution in [0.5, 0.6) is 5.75 Å². The third-order valence-electron chi connectivity index (χ3n) is 3.63. The first-order valence-electron chi connectivity index (χ1n) is 7.37. The number of aryl methyl sites for hydroxylation is 1. The lowest BCUT2D eigenvalue weighted by molar-refractivity contribution is -0.121. The van der Waals surface area contributed by atoms with Gasteiger partial charge >= 0.3 is 0 Å². The van der Waals surface area contributed by atoms with Gasteiger partial charge in [0.25, 0.3) is 0 Å². The minimum Gasteiger partial charge on any atom is -0.497 e. The molecule has 0 fully saturated rings. The molecule has 0 bridgehead atoms. The van der Waals surface area contributed by atoms with Crippen molar-refractivity contribution in [2.45, 2.75) is 25.8 Å². The van der Waals surface area contributed by atoms with Gasteiger partial charge in [0.1, 0.15) is 5.75 Å². The van der Waals surface area contributed by atoms with E-state index in [1.54, 1.807) is 19.2 Å². The zero-order valence-electron chi connectivity index (χ0n) is 13.1. The molecule has 2 aromatic rings. The summed E-state index contributed by atoms with van der Waals surface area (Å²) in [7, 11) is 1.63. The highest BCUT2D eigenvalue weighted by molar-refractivity contribution is 6.35. The molecule has 0 aliphatic rings. The summed E-state index contributed by atoms with van der Waals surface area (Å²) in [6, 6.07) is 12.9. The molecule has 0 aromatic heterocycles. The minimum absolute atomic E-state index is 0.0145. The summed E-state index contributed by atoms with van der Waals surface area (Å²) in [5.41, 5.74) is 1.95. The fourth-order valence-corrected chi connectivity index (χ4v) is 2.77. The Kier molecular flexibility index (Phi) is 6.31. The summed E-state index contributed by atoms with van der Waals surface area (Å²) in [5, 5.41) is 4.17. The van der Waals surface area contributed by atoms with Crippen molar-refractivity contribution in [1.29, 1.82) is 0 Å². The Morgan fingerprint density at radius 3 is 2.48 bits per heavy atom. The number of amides is 1.